The highest BCUT2D eigenvalue weighted by Crippen LogP contribution is 2.40. The molecule has 1 heterocycles. The Hall–Kier alpha value is 0.01000. The van der Waals surface area contributed by atoms with Gasteiger partial charge in [-0.05, 0) is 37.3 Å². The summed E-state index contributed by atoms with van der Waals surface area (Å²) in [6.45, 7) is 3.18. The Morgan fingerprint density at radius 3 is 2.88 bits per heavy atom. The van der Waals surface area contributed by atoms with Crippen molar-refractivity contribution in [3.05, 3.63) is 34.3 Å². The van der Waals surface area contributed by atoms with Crippen molar-refractivity contribution >= 4 is 27.7 Å². The van der Waals surface area contributed by atoms with E-state index in [2.05, 4.69) is 47.1 Å². The third kappa shape index (κ3) is 3.73. The molecule has 1 unspecified atom stereocenters. The summed E-state index contributed by atoms with van der Waals surface area (Å²) in [6, 6.07) is 8.53. The molecule has 1 aliphatic heterocycles. The quantitative estimate of drug-likeness (QED) is 0.759. The molecule has 1 fully saturated rings. The molecule has 0 aromatic heterocycles. The first-order valence-corrected chi connectivity index (χ1v) is 8.06. The third-order valence-corrected chi connectivity index (χ3v) is 5.39. The van der Waals surface area contributed by atoms with Crippen LogP contribution in [0.3, 0.4) is 0 Å². The van der Waals surface area contributed by atoms with Gasteiger partial charge in [-0.3, -0.25) is 0 Å². The van der Waals surface area contributed by atoms with Crippen LogP contribution < -0.4 is 0 Å². The molecular weight excluding hydrogens is 296 g/mol. The molecule has 0 N–H and O–H groups in total. The number of halogens is 1. The summed E-state index contributed by atoms with van der Waals surface area (Å²) in [5, 5.41) is 0.536. The Labute approximate surface area is 116 Å². The average Bonchev–Trinajstić information content (AvgIpc) is 2.38. The summed E-state index contributed by atoms with van der Waals surface area (Å²) in [5.41, 5.74) is 1.79. The fourth-order valence-corrected chi connectivity index (χ4v) is 4.23. The van der Waals surface area contributed by atoms with Crippen LogP contribution in [0, 0.1) is 0 Å². The second-order valence-electron chi connectivity index (χ2n) is 4.35. The Morgan fingerprint density at radius 2 is 2.24 bits per heavy atom. The van der Waals surface area contributed by atoms with Crippen molar-refractivity contribution in [2.45, 2.75) is 43.3 Å². The lowest BCUT2D eigenvalue weighted by Gasteiger charge is -2.26. The lowest BCUT2D eigenvalue weighted by Crippen LogP contribution is -2.16. The second kappa shape index (κ2) is 6.81. The maximum absolute atomic E-state index is 5.82. The summed E-state index contributed by atoms with van der Waals surface area (Å²) in [4.78, 5) is 0. The van der Waals surface area contributed by atoms with E-state index in [9.17, 15) is 0 Å². The van der Waals surface area contributed by atoms with E-state index in [0.29, 0.717) is 10.7 Å². The van der Waals surface area contributed by atoms with E-state index >= 15 is 0 Å². The van der Waals surface area contributed by atoms with Crippen LogP contribution in [0.4, 0.5) is 0 Å². The molecule has 94 valence electrons. The van der Waals surface area contributed by atoms with Gasteiger partial charge in [-0.25, -0.2) is 0 Å². The molecule has 1 aromatic rings. The van der Waals surface area contributed by atoms with Gasteiger partial charge in [-0.2, -0.15) is 0 Å². The summed E-state index contributed by atoms with van der Waals surface area (Å²) in [5.74, 6) is 0. The van der Waals surface area contributed by atoms with E-state index in [1.165, 1.54) is 29.3 Å². The molecule has 0 radical (unpaired) electrons. The van der Waals surface area contributed by atoms with Crippen LogP contribution in [0.1, 0.15) is 43.4 Å². The Morgan fingerprint density at radius 1 is 1.41 bits per heavy atom. The number of hydrogen-bond acceptors (Lipinski definition) is 2. The predicted octanol–water partition coefficient (Wildman–Crippen LogP) is 5.16. The lowest BCUT2D eigenvalue weighted by atomic mass is 10.1. The fraction of sp³-hybridized carbons (Fsp3) is 0.571. The summed E-state index contributed by atoms with van der Waals surface area (Å²) >= 11 is 5.63. The first-order valence-electron chi connectivity index (χ1n) is 6.32. The van der Waals surface area contributed by atoms with E-state index in [0.717, 1.165) is 13.0 Å². The molecule has 2 rings (SSSR count). The minimum Gasteiger partial charge on any atom is -0.368 e. The van der Waals surface area contributed by atoms with Crippen molar-refractivity contribution in [3.8, 4) is 0 Å². The minimum absolute atomic E-state index is 0.390. The van der Waals surface area contributed by atoms with Crippen LogP contribution in [0.25, 0.3) is 0 Å². The number of thioether (sulfide) groups is 1. The SMILES string of the molecule is CC[C@H](SC1CCCCO1)c1ccccc1Br. The van der Waals surface area contributed by atoms with Crippen molar-refractivity contribution in [1.82, 2.24) is 0 Å². The standard InChI is InChI=1S/C14H19BrOS/c1-2-13(11-7-3-4-8-12(11)15)17-14-9-5-6-10-16-14/h3-4,7-8,13-14H,2,5-6,9-10H2,1H3/t13-,14?/m0/s1. The van der Waals surface area contributed by atoms with Crippen molar-refractivity contribution in [2.75, 3.05) is 6.61 Å². The van der Waals surface area contributed by atoms with Gasteiger partial charge in [0.1, 0.15) is 5.44 Å². The van der Waals surface area contributed by atoms with Gasteiger partial charge in [-0.1, -0.05) is 41.1 Å². The van der Waals surface area contributed by atoms with Crippen LogP contribution >= 0.6 is 27.7 Å². The van der Waals surface area contributed by atoms with Crippen molar-refractivity contribution in [2.24, 2.45) is 0 Å². The highest BCUT2D eigenvalue weighted by Gasteiger charge is 2.21. The van der Waals surface area contributed by atoms with E-state index in [1.54, 1.807) is 0 Å². The Balaban J connectivity index is 2.03. The predicted molar refractivity (Wildman–Crippen MR) is 78.4 cm³/mol. The van der Waals surface area contributed by atoms with Gasteiger partial charge in [0.2, 0.25) is 0 Å². The molecule has 0 saturated carbocycles. The van der Waals surface area contributed by atoms with Gasteiger partial charge in [-0.15, -0.1) is 11.8 Å². The normalized spacial score (nSPS) is 22.4. The van der Waals surface area contributed by atoms with E-state index in [4.69, 9.17) is 4.74 Å². The van der Waals surface area contributed by atoms with Gasteiger partial charge in [0.15, 0.2) is 0 Å². The number of benzene rings is 1. The average molecular weight is 315 g/mol. The summed E-state index contributed by atoms with van der Waals surface area (Å²) in [6.07, 6.45) is 4.88. The zero-order valence-corrected chi connectivity index (χ0v) is 12.6. The van der Waals surface area contributed by atoms with Crippen LogP contribution in [0.2, 0.25) is 0 Å². The molecule has 2 atom stereocenters. The summed E-state index contributed by atoms with van der Waals surface area (Å²) in [7, 11) is 0. The zero-order chi connectivity index (χ0) is 12.1. The topological polar surface area (TPSA) is 9.23 Å². The maximum atomic E-state index is 5.82. The van der Waals surface area contributed by atoms with E-state index in [1.807, 2.05) is 11.8 Å². The van der Waals surface area contributed by atoms with Crippen LogP contribution in [-0.4, -0.2) is 12.0 Å². The fourth-order valence-electron chi connectivity index (χ4n) is 2.13. The molecule has 0 amide bonds. The first kappa shape index (κ1) is 13.4. The molecule has 0 spiro atoms. The lowest BCUT2D eigenvalue weighted by molar-refractivity contribution is 0.0724. The van der Waals surface area contributed by atoms with Gasteiger partial charge >= 0.3 is 0 Å². The molecule has 17 heavy (non-hydrogen) atoms. The molecule has 1 aromatic carbocycles. The first-order chi connectivity index (χ1) is 8.31. The van der Waals surface area contributed by atoms with Crippen molar-refractivity contribution in [1.29, 1.82) is 0 Å². The number of hydrogen-bond donors (Lipinski definition) is 0. The molecule has 1 saturated heterocycles. The van der Waals surface area contributed by atoms with Gasteiger partial charge < -0.3 is 4.74 Å². The molecule has 1 nitrogen and oxygen atoms in total. The Bertz CT molecular complexity index is 350. The maximum Gasteiger partial charge on any atom is 0.103 e. The monoisotopic (exact) mass is 314 g/mol. The highest BCUT2D eigenvalue weighted by atomic mass is 79.9. The molecular formula is C14H19BrOS. The zero-order valence-electron chi connectivity index (χ0n) is 10.2. The van der Waals surface area contributed by atoms with Crippen LogP contribution in [-0.2, 0) is 4.74 Å². The van der Waals surface area contributed by atoms with E-state index < -0.39 is 0 Å². The van der Waals surface area contributed by atoms with Gasteiger partial charge in [0.05, 0.1) is 0 Å². The van der Waals surface area contributed by atoms with Crippen LogP contribution in [0.15, 0.2) is 28.7 Å². The molecule has 3 heteroatoms. The van der Waals surface area contributed by atoms with Gasteiger partial charge in [0, 0.05) is 16.3 Å². The smallest absolute Gasteiger partial charge is 0.103 e. The minimum atomic E-state index is 0.390. The number of rotatable bonds is 4. The van der Waals surface area contributed by atoms with E-state index in [-0.39, 0.29) is 0 Å². The largest absolute Gasteiger partial charge is 0.368 e. The third-order valence-electron chi connectivity index (χ3n) is 3.08. The molecule has 0 bridgehead atoms. The Kier molecular flexibility index (Phi) is 5.39. The molecule has 1 aliphatic rings. The molecule has 0 aliphatic carbocycles. The number of ether oxygens (including phenoxy) is 1. The highest BCUT2D eigenvalue weighted by molar-refractivity contribution is 9.10. The van der Waals surface area contributed by atoms with Crippen molar-refractivity contribution < 1.29 is 4.74 Å². The second-order valence-corrected chi connectivity index (χ2v) is 6.57. The van der Waals surface area contributed by atoms with Crippen molar-refractivity contribution in [3.63, 3.8) is 0 Å². The summed E-state index contributed by atoms with van der Waals surface area (Å²) < 4.78 is 7.04. The van der Waals surface area contributed by atoms with Crippen LogP contribution in [0.5, 0.6) is 0 Å². The van der Waals surface area contributed by atoms with Gasteiger partial charge in [0.25, 0.3) is 0 Å².